The van der Waals surface area contributed by atoms with Gasteiger partial charge in [0.05, 0.1) is 31.9 Å². The highest BCUT2D eigenvalue weighted by atomic mass is 19.1. The van der Waals surface area contributed by atoms with Crippen molar-refractivity contribution in [1.29, 1.82) is 0 Å². The summed E-state index contributed by atoms with van der Waals surface area (Å²) in [6.45, 7) is 1.84. The normalized spacial score (nSPS) is 9.86. The van der Waals surface area contributed by atoms with Crippen LogP contribution in [0, 0.1) is 17.7 Å². The largest absolute Gasteiger partial charge is 0.382 e. The van der Waals surface area contributed by atoms with Gasteiger partial charge < -0.3 is 20.5 Å². The van der Waals surface area contributed by atoms with Gasteiger partial charge in [0.2, 0.25) is 0 Å². The maximum absolute atomic E-state index is 13.2. The van der Waals surface area contributed by atoms with E-state index in [9.17, 15) is 9.18 Å². The lowest BCUT2D eigenvalue weighted by molar-refractivity contribution is 0.0692. The number of methoxy groups -OCH3 is 1. The summed E-state index contributed by atoms with van der Waals surface area (Å²) >= 11 is 0. The number of nitrogens with two attached hydrogens (primary N) is 1. The average Bonchev–Trinajstić information content (AvgIpc) is 2.48. The number of carbonyl (C=O) groups is 1. The first-order valence-electron chi connectivity index (χ1n) is 6.52. The Morgan fingerprint density at radius 3 is 2.90 bits per heavy atom. The van der Waals surface area contributed by atoms with Crippen molar-refractivity contribution in [3.05, 3.63) is 35.1 Å². The molecule has 0 spiro atoms. The average molecular weight is 294 g/mol. The predicted molar refractivity (Wildman–Crippen MR) is 77.4 cm³/mol. The molecule has 0 aliphatic carbocycles. The molecule has 6 heteroatoms. The lowest BCUT2D eigenvalue weighted by Gasteiger charge is -2.08. The van der Waals surface area contributed by atoms with Crippen LogP contribution in [0.3, 0.4) is 0 Å². The van der Waals surface area contributed by atoms with E-state index in [2.05, 4.69) is 17.2 Å². The van der Waals surface area contributed by atoms with Crippen molar-refractivity contribution in [2.45, 2.75) is 0 Å². The van der Waals surface area contributed by atoms with Gasteiger partial charge in [0.15, 0.2) is 0 Å². The molecule has 1 aromatic rings. The zero-order chi connectivity index (χ0) is 15.5. The summed E-state index contributed by atoms with van der Waals surface area (Å²) in [5.41, 5.74) is 5.92. The summed E-state index contributed by atoms with van der Waals surface area (Å²) < 4.78 is 23.3. The molecule has 0 unspecified atom stereocenters. The number of benzene rings is 1. The number of hydrogen-bond acceptors (Lipinski definition) is 4. The third-order valence-electron chi connectivity index (χ3n) is 2.52. The zero-order valence-corrected chi connectivity index (χ0v) is 11.9. The fraction of sp³-hybridized carbons (Fsp3) is 0.400. The number of halogens is 1. The second-order valence-corrected chi connectivity index (χ2v) is 4.06. The maximum atomic E-state index is 13.2. The molecule has 3 N–H and O–H groups in total. The molecule has 1 amide bonds. The van der Waals surface area contributed by atoms with Gasteiger partial charge in [-0.05, 0) is 18.2 Å². The van der Waals surface area contributed by atoms with Gasteiger partial charge in [0.25, 0.3) is 5.91 Å². The standard InChI is InChI=1S/C15H19FN2O3/c1-20-9-10-21-8-7-18-15(19)14-5-4-13(16)11-12(14)3-2-6-17/h4-5,11H,6-10,17H2,1H3,(H,18,19). The van der Waals surface area contributed by atoms with E-state index < -0.39 is 5.82 Å². The van der Waals surface area contributed by atoms with E-state index in [1.54, 1.807) is 7.11 Å². The Morgan fingerprint density at radius 1 is 1.38 bits per heavy atom. The van der Waals surface area contributed by atoms with E-state index in [-0.39, 0.29) is 12.5 Å². The first kappa shape index (κ1) is 17.1. The minimum absolute atomic E-state index is 0.144. The van der Waals surface area contributed by atoms with Crippen LogP contribution in [0.4, 0.5) is 4.39 Å². The van der Waals surface area contributed by atoms with E-state index in [1.807, 2.05) is 0 Å². The van der Waals surface area contributed by atoms with Crippen molar-refractivity contribution in [1.82, 2.24) is 5.32 Å². The summed E-state index contributed by atoms with van der Waals surface area (Å²) in [7, 11) is 1.59. The van der Waals surface area contributed by atoms with E-state index in [1.165, 1.54) is 18.2 Å². The Hall–Kier alpha value is -1.94. The fourth-order valence-electron chi connectivity index (χ4n) is 1.54. The van der Waals surface area contributed by atoms with E-state index in [4.69, 9.17) is 15.2 Å². The van der Waals surface area contributed by atoms with Gasteiger partial charge in [-0.3, -0.25) is 4.79 Å². The van der Waals surface area contributed by atoms with Crippen LogP contribution in [-0.4, -0.2) is 45.9 Å². The molecule has 0 fully saturated rings. The van der Waals surface area contributed by atoms with Gasteiger partial charge in [0.1, 0.15) is 5.82 Å². The summed E-state index contributed by atoms with van der Waals surface area (Å²) in [5.74, 6) is 4.52. The summed E-state index contributed by atoms with van der Waals surface area (Å²) in [5, 5.41) is 2.69. The van der Waals surface area contributed by atoms with Gasteiger partial charge >= 0.3 is 0 Å². The number of hydrogen-bond donors (Lipinski definition) is 2. The highest BCUT2D eigenvalue weighted by molar-refractivity contribution is 5.96. The highest BCUT2D eigenvalue weighted by Crippen LogP contribution is 2.10. The molecular weight excluding hydrogens is 275 g/mol. The Morgan fingerprint density at radius 2 is 2.19 bits per heavy atom. The highest BCUT2D eigenvalue weighted by Gasteiger charge is 2.10. The van der Waals surface area contributed by atoms with Crippen molar-refractivity contribution in [2.24, 2.45) is 5.73 Å². The maximum Gasteiger partial charge on any atom is 0.252 e. The Bertz CT molecular complexity index is 523. The topological polar surface area (TPSA) is 73.6 Å². The van der Waals surface area contributed by atoms with Crippen molar-refractivity contribution in [3.63, 3.8) is 0 Å². The molecule has 21 heavy (non-hydrogen) atoms. The first-order chi connectivity index (χ1) is 10.2. The summed E-state index contributed by atoms with van der Waals surface area (Å²) in [6, 6.07) is 3.83. The second-order valence-electron chi connectivity index (χ2n) is 4.06. The molecule has 114 valence electrons. The molecule has 0 aromatic heterocycles. The minimum atomic E-state index is -0.448. The second kappa shape index (κ2) is 9.88. The van der Waals surface area contributed by atoms with Crippen molar-refractivity contribution < 1.29 is 18.7 Å². The Balaban J connectivity index is 2.57. The van der Waals surface area contributed by atoms with Crippen LogP contribution in [-0.2, 0) is 9.47 Å². The van der Waals surface area contributed by atoms with Crippen molar-refractivity contribution in [3.8, 4) is 11.8 Å². The molecular formula is C15H19FN2O3. The molecule has 0 heterocycles. The number of amides is 1. The Kier molecular flexibility index (Phi) is 8.05. The van der Waals surface area contributed by atoms with Crippen LogP contribution in [0.5, 0.6) is 0 Å². The lowest BCUT2D eigenvalue weighted by atomic mass is 10.1. The molecule has 1 rings (SSSR count). The van der Waals surface area contributed by atoms with Gasteiger partial charge in [-0.25, -0.2) is 4.39 Å². The van der Waals surface area contributed by atoms with Gasteiger partial charge in [-0.15, -0.1) is 0 Å². The molecule has 1 aromatic carbocycles. The van der Waals surface area contributed by atoms with Crippen molar-refractivity contribution in [2.75, 3.05) is 40.0 Å². The lowest BCUT2D eigenvalue weighted by Crippen LogP contribution is -2.28. The quantitative estimate of drug-likeness (QED) is 0.568. The molecule has 0 aliphatic rings. The van der Waals surface area contributed by atoms with Crippen LogP contribution >= 0.6 is 0 Å². The molecule has 0 saturated carbocycles. The third-order valence-corrected chi connectivity index (χ3v) is 2.52. The van der Waals surface area contributed by atoms with Crippen LogP contribution in [0.1, 0.15) is 15.9 Å². The van der Waals surface area contributed by atoms with Crippen molar-refractivity contribution >= 4 is 5.91 Å². The Labute approximate surface area is 123 Å². The van der Waals surface area contributed by atoms with E-state index in [0.717, 1.165) is 0 Å². The first-order valence-corrected chi connectivity index (χ1v) is 6.52. The summed E-state index contributed by atoms with van der Waals surface area (Å²) in [4.78, 5) is 12.0. The number of rotatable bonds is 7. The van der Waals surface area contributed by atoms with Crippen LogP contribution in [0.25, 0.3) is 0 Å². The molecule has 0 aliphatic heterocycles. The molecule has 0 atom stereocenters. The molecule has 0 saturated heterocycles. The summed E-state index contributed by atoms with van der Waals surface area (Å²) in [6.07, 6.45) is 0. The fourth-order valence-corrected chi connectivity index (χ4v) is 1.54. The van der Waals surface area contributed by atoms with Crippen LogP contribution < -0.4 is 11.1 Å². The smallest absolute Gasteiger partial charge is 0.252 e. The predicted octanol–water partition coefficient (Wildman–Crippen LogP) is 0.529. The van der Waals surface area contributed by atoms with E-state index >= 15 is 0 Å². The molecule has 0 radical (unpaired) electrons. The molecule has 0 bridgehead atoms. The molecule has 5 nitrogen and oxygen atoms in total. The SMILES string of the molecule is COCCOCCNC(=O)c1ccc(F)cc1C#CCN. The van der Waals surface area contributed by atoms with Gasteiger partial charge in [-0.1, -0.05) is 11.8 Å². The van der Waals surface area contributed by atoms with E-state index in [0.29, 0.717) is 37.5 Å². The third kappa shape index (κ3) is 6.36. The van der Waals surface area contributed by atoms with Gasteiger partial charge in [-0.2, -0.15) is 0 Å². The zero-order valence-electron chi connectivity index (χ0n) is 11.9. The number of carbonyl (C=O) groups excluding carboxylic acids is 1. The van der Waals surface area contributed by atoms with Gasteiger partial charge in [0, 0.05) is 19.2 Å². The number of nitrogens with one attached hydrogen (secondary N) is 1. The van der Waals surface area contributed by atoms with Crippen LogP contribution in [0.2, 0.25) is 0 Å². The monoisotopic (exact) mass is 294 g/mol. The number of ether oxygens (including phenoxy) is 2. The minimum Gasteiger partial charge on any atom is -0.382 e. The van der Waals surface area contributed by atoms with Crippen LogP contribution in [0.15, 0.2) is 18.2 Å².